The Morgan fingerprint density at radius 2 is 2.39 bits per heavy atom. The topological polar surface area (TPSA) is 70.6 Å². The predicted molar refractivity (Wildman–Crippen MR) is 67.5 cm³/mol. The van der Waals surface area contributed by atoms with Gasteiger partial charge < -0.3 is 20.5 Å². The van der Waals surface area contributed by atoms with Crippen LogP contribution in [0.25, 0.3) is 0 Å². The second-order valence-corrected chi connectivity index (χ2v) is 4.43. The average molecular weight is 250 g/mol. The third-order valence-electron chi connectivity index (χ3n) is 3.10. The van der Waals surface area contributed by atoms with Crippen LogP contribution in [0, 0.1) is 0 Å². The Hall–Kier alpha value is -1.75. The number of nitrogens with one attached hydrogen (secondary N) is 2. The van der Waals surface area contributed by atoms with Gasteiger partial charge in [-0.15, -0.1) is 0 Å². The lowest BCUT2D eigenvalue weighted by Gasteiger charge is -2.23. The van der Waals surface area contributed by atoms with Gasteiger partial charge in [0.25, 0.3) is 0 Å². The number of phenolic OH excluding ortho intramolecular Hbond substituents is 1. The third kappa shape index (κ3) is 3.13. The standard InChI is InChI=1S/C13H18N2O3/c1-18-12-6-9(2-4-11(12)16)7-14-10-3-5-13(17)15-8-10/h2,4,6,10,14,16H,3,5,7-8H2,1H3,(H,15,17). The van der Waals surface area contributed by atoms with Gasteiger partial charge in [0.15, 0.2) is 11.5 Å². The van der Waals surface area contributed by atoms with Crippen molar-refractivity contribution in [1.82, 2.24) is 10.6 Å². The minimum Gasteiger partial charge on any atom is -0.504 e. The zero-order chi connectivity index (χ0) is 13.0. The summed E-state index contributed by atoms with van der Waals surface area (Å²) in [6.07, 6.45) is 1.44. The van der Waals surface area contributed by atoms with Crippen LogP contribution in [0.15, 0.2) is 18.2 Å². The normalized spacial score (nSPS) is 19.4. The highest BCUT2D eigenvalue weighted by Crippen LogP contribution is 2.26. The average Bonchev–Trinajstić information content (AvgIpc) is 2.39. The first-order valence-corrected chi connectivity index (χ1v) is 6.05. The molecule has 1 aromatic rings. The summed E-state index contributed by atoms with van der Waals surface area (Å²) in [5, 5.41) is 15.7. The van der Waals surface area contributed by atoms with Crippen LogP contribution >= 0.6 is 0 Å². The zero-order valence-corrected chi connectivity index (χ0v) is 10.4. The van der Waals surface area contributed by atoms with Gasteiger partial charge in [-0.3, -0.25) is 4.79 Å². The summed E-state index contributed by atoms with van der Waals surface area (Å²) < 4.78 is 5.06. The van der Waals surface area contributed by atoms with Gasteiger partial charge in [0, 0.05) is 25.6 Å². The largest absolute Gasteiger partial charge is 0.504 e. The number of aromatic hydroxyl groups is 1. The highest BCUT2D eigenvalue weighted by atomic mass is 16.5. The monoisotopic (exact) mass is 250 g/mol. The van der Waals surface area contributed by atoms with Gasteiger partial charge in [-0.25, -0.2) is 0 Å². The summed E-state index contributed by atoms with van der Waals surface area (Å²) in [4.78, 5) is 11.0. The molecular weight excluding hydrogens is 232 g/mol. The van der Waals surface area contributed by atoms with Gasteiger partial charge in [0.1, 0.15) is 0 Å². The second kappa shape index (κ2) is 5.73. The second-order valence-electron chi connectivity index (χ2n) is 4.43. The molecule has 5 nitrogen and oxygen atoms in total. The van der Waals surface area contributed by atoms with Gasteiger partial charge in [0.05, 0.1) is 7.11 Å². The quantitative estimate of drug-likeness (QED) is 0.738. The number of carbonyl (C=O) groups excluding carboxylic acids is 1. The molecule has 0 aliphatic carbocycles. The van der Waals surface area contributed by atoms with Crippen LogP contribution in [-0.2, 0) is 11.3 Å². The van der Waals surface area contributed by atoms with E-state index in [0.29, 0.717) is 31.3 Å². The van der Waals surface area contributed by atoms with Gasteiger partial charge in [-0.1, -0.05) is 6.07 Å². The lowest BCUT2D eigenvalue weighted by Crippen LogP contribution is -2.45. The summed E-state index contributed by atoms with van der Waals surface area (Å²) in [6.45, 7) is 1.37. The molecule has 0 aromatic heterocycles. The molecule has 1 saturated heterocycles. The van der Waals surface area contributed by atoms with Crippen molar-refractivity contribution in [2.75, 3.05) is 13.7 Å². The lowest BCUT2D eigenvalue weighted by molar-refractivity contribution is -0.122. The van der Waals surface area contributed by atoms with Crippen molar-refractivity contribution in [3.8, 4) is 11.5 Å². The summed E-state index contributed by atoms with van der Waals surface area (Å²) in [5.74, 6) is 0.747. The maximum atomic E-state index is 11.0. The fourth-order valence-corrected chi connectivity index (χ4v) is 2.00. The van der Waals surface area contributed by atoms with Gasteiger partial charge >= 0.3 is 0 Å². The van der Waals surface area contributed by atoms with Crippen LogP contribution in [0.2, 0.25) is 0 Å². The molecule has 0 saturated carbocycles. The van der Waals surface area contributed by atoms with E-state index in [1.165, 1.54) is 7.11 Å². The SMILES string of the molecule is COc1cc(CNC2CCC(=O)NC2)ccc1O. The van der Waals surface area contributed by atoms with Crippen LogP contribution in [-0.4, -0.2) is 30.7 Å². The van der Waals surface area contributed by atoms with E-state index in [1.807, 2.05) is 12.1 Å². The summed E-state index contributed by atoms with van der Waals surface area (Å²) in [6, 6.07) is 5.59. The number of benzene rings is 1. The molecule has 1 heterocycles. The van der Waals surface area contributed by atoms with Gasteiger partial charge in [0.2, 0.25) is 5.91 Å². The lowest BCUT2D eigenvalue weighted by atomic mass is 10.1. The number of methoxy groups -OCH3 is 1. The fourth-order valence-electron chi connectivity index (χ4n) is 2.00. The Morgan fingerprint density at radius 3 is 3.06 bits per heavy atom. The van der Waals surface area contributed by atoms with Crippen LogP contribution in [0.3, 0.4) is 0 Å². The highest BCUT2D eigenvalue weighted by molar-refractivity contribution is 5.76. The first kappa shape index (κ1) is 12.7. The molecule has 0 bridgehead atoms. The first-order valence-electron chi connectivity index (χ1n) is 6.05. The van der Waals surface area contributed by atoms with Crippen LogP contribution in [0.1, 0.15) is 18.4 Å². The molecule has 5 heteroatoms. The van der Waals surface area contributed by atoms with Crippen molar-refractivity contribution in [1.29, 1.82) is 0 Å². The third-order valence-corrected chi connectivity index (χ3v) is 3.10. The van der Waals surface area contributed by atoms with E-state index in [0.717, 1.165) is 12.0 Å². The first-order chi connectivity index (χ1) is 8.69. The number of hydrogen-bond acceptors (Lipinski definition) is 4. The fraction of sp³-hybridized carbons (Fsp3) is 0.462. The minimum absolute atomic E-state index is 0.124. The van der Waals surface area contributed by atoms with Gasteiger partial charge in [-0.2, -0.15) is 0 Å². The smallest absolute Gasteiger partial charge is 0.220 e. The van der Waals surface area contributed by atoms with E-state index in [1.54, 1.807) is 6.07 Å². The number of ether oxygens (including phenoxy) is 1. The van der Waals surface area contributed by atoms with Crippen LogP contribution in [0.4, 0.5) is 0 Å². The Kier molecular flexibility index (Phi) is 4.04. The van der Waals surface area contributed by atoms with E-state index >= 15 is 0 Å². The van der Waals surface area contributed by atoms with Crippen LogP contribution in [0.5, 0.6) is 11.5 Å². The molecule has 98 valence electrons. The van der Waals surface area contributed by atoms with Crippen molar-refractivity contribution in [3.63, 3.8) is 0 Å². The maximum absolute atomic E-state index is 11.0. The van der Waals surface area contributed by atoms with Crippen molar-refractivity contribution >= 4 is 5.91 Å². The van der Waals surface area contributed by atoms with Crippen molar-refractivity contribution in [2.45, 2.75) is 25.4 Å². The summed E-state index contributed by atoms with van der Waals surface area (Å²) >= 11 is 0. The Balaban J connectivity index is 1.88. The molecule has 1 fully saturated rings. The molecule has 1 aliphatic rings. The summed E-state index contributed by atoms with van der Waals surface area (Å²) in [7, 11) is 1.53. The van der Waals surface area contributed by atoms with E-state index in [-0.39, 0.29) is 11.7 Å². The number of piperidine rings is 1. The Bertz CT molecular complexity index is 424. The molecular formula is C13H18N2O3. The molecule has 18 heavy (non-hydrogen) atoms. The number of phenols is 1. The number of carbonyl (C=O) groups is 1. The molecule has 1 aromatic carbocycles. The predicted octanol–water partition coefficient (Wildman–Crippen LogP) is 0.769. The highest BCUT2D eigenvalue weighted by Gasteiger charge is 2.17. The van der Waals surface area contributed by atoms with E-state index in [4.69, 9.17) is 4.74 Å². The van der Waals surface area contributed by atoms with E-state index < -0.39 is 0 Å². The van der Waals surface area contributed by atoms with E-state index in [2.05, 4.69) is 10.6 Å². The molecule has 1 atom stereocenters. The molecule has 1 amide bonds. The zero-order valence-electron chi connectivity index (χ0n) is 10.4. The Morgan fingerprint density at radius 1 is 1.56 bits per heavy atom. The molecule has 3 N–H and O–H groups in total. The molecule has 0 radical (unpaired) electrons. The number of amides is 1. The molecule has 0 spiro atoms. The minimum atomic E-state index is 0.124. The van der Waals surface area contributed by atoms with Gasteiger partial charge in [-0.05, 0) is 24.1 Å². The molecule has 2 rings (SSSR count). The number of rotatable bonds is 4. The van der Waals surface area contributed by atoms with Crippen molar-refractivity contribution in [2.24, 2.45) is 0 Å². The molecule has 1 aliphatic heterocycles. The van der Waals surface area contributed by atoms with Crippen molar-refractivity contribution in [3.05, 3.63) is 23.8 Å². The molecule has 1 unspecified atom stereocenters. The van der Waals surface area contributed by atoms with Crippen LogP contribution < -0.4 is 15.4 Å². The van der Waals surface area contributed by atoms with E-state index in [9.17, 15) is 9.90 Å². The Labute approximate surface area is 106 Å². The summed E-state index contributed by atoms with van der Waals surface area (Å²) in [5.41, 5.74) is 1.04. The maximum Gasteiger partial charge on any atom is 0.220 e. The van der Waals surface area contributed by atoms with Crippen molar-refractivity contribution < 1.29 is 14.6 Å². The number of hydrogen-bond donors (Lipinski definition) is 3.